The van der Waals surface area contributed by atoms with E-state index in [0.29, 0.717) is 4.91 Å². The second-order valence-corrected chi connectivity index (χ2v) is 16.5. The molecule has 2 saturated heterocycles. The van der Waals surface area contributed by atoms with Gasteiger partial charge in [0, 0.05) is 28.3 Å². The van der Waals surface area contributed by atoms with Gasteiger partial charge in [0.25, 0.3) is 0 Å². The fraction of sp³-hybridized carbons (Fsp3) is 0.277. The smallest absolute Gasteiger partial charge is 0.413 e. The Hall–Kier alpha value is -7.51. The summed E-state index contributed by atoms with van der Waals surface area (Å²) < 4.78 is 31.1. The first-order valence-corrected chi connectivity index (χ1v) is 21.5. The van der Waals surface area contributed by atoms with Gasteiger partial charge in [0.1, 0.15) is 11.7 Å². The summed E-state index contributed by atoms with van der Waals surface area (Å²) in [6.45, 7) is 0.887. The summed E-state index contributed by atoms with van der Waals surface area (Å²) in [4.78, 5) is 108. The SMILES string of the molecule is C[C@H]1C(S[C@H]2C[C@@H](C(=O)Nc3cccc(C(=O)OCOC(=O)c4ccccc4)c3)N(C(=O)OCOC(=O)c3ccccc3)C2)=C(C(=O)OCOC(=O)c2ccccc2)N2C(=O)[C@H]([C@@H](C)O)C12. The number of aliphatic hydroxyl groups is 1. The number of carbonyl (C=O) groups excluding carboxylic acids is 8. The van der Waals surface area contributed by atoms with Crippen molar-refractivity contribution in [3.05, 3.63) is 148 Å². The minimum absolute atomic E-state index is 0.00555. The van der Waals surface area contributed by atoms with Gasteiger partial charge in [-0.3, -0.25) is 14.5 Å². The summed E-state index contributed by atoms with van der Waals surface area (Å²) in [5.41, 5.74) is 0.733. The molecule has 3 heterocycles. The summed E-state index contributed by atoms with van der Waals surface area (Å²) >= 11 is 1.13. The Balaban J connectivity index is 1.07. The van der Waals surface area contributed by atoms with Gasteiger partial charge in [-0.15, -0.1) is 11.8 Å². The van der Waals surface area contributed by atoms with Crippen LogP contribution in [0.25, 0.3) is 0 Å². The molecular weight excluding hydrogens is 879 g/mol. The molecule has 0 saturated carbocycles. The maximum atomic E-state index is 14.1. The van der Waals surface area contributed by atoms with Gasteiger partial charge in [0.2, 0.25) is 32.2 Å². The Morgan fingerprint density at radius 3 is 1.65 bits per heavy atom. The molecule has 342 valence electrons. The number of hydrogen-bond donors (Lipinski definition) is 2. The number of rotatable bonds is 16. The molecule has 0 bridgehead atoms. The summed E-state index contributed by atoms with van der Waals surface area (Å²) in [5.74, 6) is -6.59. The molecule has 2 fully saturated rings. The number of thioether (sulfide) groups is 1. The average molecular weight is 922 g/mol. The standard InChI is InChI=1S/C47H43N3O15S/c1-27-37-36(28(2)51)41(53)50(37)38(46(58)64-25-61-43(55)30-15-8-4-9-16-30)39(27)66-34-22-35(49(23-34)47(59)65-26-63-44(56)31-17-10-5-11-18-31)40(52)48-33-20-12-19-32(21-33)45(57)62-24-60-42(54)29-13-6-3-7-14-29/h3-21,27-28,34-37,51H,22-26H2,1-2H3,(H,48,52)/t27-,28-,34+,35+,36-,37?/m1/s1. The molecule has 19 heteroatoms. The third-order valence-electron chi connectivity index (χ3n) is 10.9. The summed E-state index contributed by atoms with van der Waals surface area (Å²) in [6.07, 6.45) is -2.08. The zero-order valence-electron chi connectivity index (χ0n) is 35.4. The van der Waals surface area contributed by atoms with Crippen LogP contribution >= 0.6 is 11.8 Å². The number of esters is 5. The van der Waals surface area contributed by atoms with Crippen molar-refractivity contribution in [1.29, 1.82) is 0 Å². The molecule has 0 aliphatic carbocycles. The highest BCUT2D eigenvalue weighted by atomic mass is 32.2. The maximum Gasteiger partial charge on any atom is 0.413 e. The van der Waals surface area contributed by atoms with Gasteiger partial charge >= 0.3 is 35.9 Å². The quantitative estimate of drug-likeness (QED) is 0.0641. The topological polar surface area (TPSA) is 231 Å². The summed E-state index contributed by atoms with van der Waals surface area (Å²) in [7, 11) is 0. The lowest BCUT2D eigenvalue weighted by atomic mass is 9.79. The van der Waals surface area contributed by atoms with Gasteiger partial charge < -0.3 is 43.7 Å². The fourth-order valence-electron chi connectivity index (χ4n) is 7.75. The first-order valence-electron chi connectivity index (χ1n) is 20.6. The third kappa shape index (κ3) is 10.5. The van der Waals surface area contributed by atoms with E-state index >= 15 is 0 Å². The van der Waals surface area contributed by atoms with Crippen molar-refractivity contribution in [2.24, 2.45) is 11.8 Å². The van der Waals surface area contributed by atoms with E-state index in [-0.39, 0.29) is 46.6 Å². The molecule has 3 amide bonds. The van der Waals surface area contributed by atoms with E-state index in [1.54, 1.807) is 61.5 Å². The number of likely N-dealkylation sites (tertiary alicyclic amines) is 1. The Morgan fingerprint density at radius 2 is 1.14 bits per heavy atom. The van der Waals surface area contributed by atoms with E-state index in [0.717, 1.165) is 16.7 Å². The Bertz CT molecular complexity index is 2520. The first kappa shape index (κ1) is 46.5. The number of β-lactam (4-membered cyclic amide) rings is 1. The van der Waals surface area contributed by atoms with Gasteiger partial charge in [0.05, 0.1) is 40.3 Å². The molecule has 2 N–H and O–H groups in total. The fourth-order valence-corrected chi connectivity index (χ4v) is 9.27. The zero-order valence-corrected chi connectivity index (χ0v) is 36.3. The van der Waals surface area contributed by atoms with Crippen molar-refractivity contribution < 1.29 is 71.9 Å². The molecule has 0 aromatic heterocycles. The molecular formula is C47H43N3O15S. The van der Waals surface area contributed by atoms with Crippen molar-refractivity contribution in [3.63, 3.8) is 0 Å². The van der Waals surface area contributed by atoms with E-state index in [1.165, 1.54) is 72.5 Å². The minimum atomic E-state index is -1.22. The number of aliphatic hydroxyl groups excluding tert-OH is 1. The number of anilines is 1. The van der Waals surface area contributed by atoms with Crippen LogP contribution in [-0.4, -0.2) is 113 Å². The monoisotopic (exact) mass is 921 g/mol. The zero-order chi connectivity index (χ0) is 46.9. The normalized spacial score (nSPS) is 20.0. The second kappa shape index (κ2) is 21.0. The number of nitrogens with zero attached hydrogens (tertiary/aromatic N) is 2. The van der Waals surface area contributed by atoms with Gasteiger partial charge in [-0.05, 0) is 67.9 Å². The van der Waals surface area contributed by atoms with Gasteiger partial charge in [-0.25, -0.2) is 28.8 Å². The highest BCUT2D eigenvalue weighted by molar-refractivity contribution is 8.03. The van der Waals surface area contributed by atoms with Gasteiger partial charge in [-0.1, -0.05) is 67.6 Å². The van der Waals surface area contributed by atoms with Crippen LogP contribution in [0.15, 0.2) is 126 Å². The van der Waals surface area contributed by atoms with Crippen molar-refractivity contribution in [3.8, 4) is 0 Å². The number of amides is 3. The number of ether oxygens (including phenoxy) is 6. The highest BCUT2D eigenvalue weighted by Gasteiger charge is 2.60. The number of hydrogen-bond acceptors (Lipinski definition) is 16. The lowest BCUT2D eigenvalue weighted by Crippen LogP contribution is -2.63. The Morgan fingerprint density at radius 1 is 0.667 bits per heavy atom. The maximum absolute atomic E-state index is 14.1. The van der Waals surface area contributed by atoms with E-state index < -0.39 is 103 Å². The number of fused-ring (bicyclic) bond motifs is 1. The van der Waals surface area contributed by atoms with Gasteiger partial charge in [0.15, 0.2) is 0 Å². The van der Waals surface area contributed by atoms with Crippen molar-refractivity contribution in [2.75, 3.05) is 32.2 Å². The largest absolute Gasteiger partial charge is 0.424 e. The van der Waals surface area contributed by atoms with Crippen molar-refractivity contribution >= 4 is 65.2 Å². The molecule has 1 unspecified atom stereocenters. The van der Waals surface area contributed by atoms with Crippen LogP contribution in [0.1, 0.15) is 61.7 Å². The number of carbonyl (C=O) groups is 8. The molecule has 4 aromatic carbocycles. The van der Waals surface area contributed by atoms with Crippen LogP contribution in [0, 0.1) is 11.8 Å². The molecule has 0 radical (unpaired) electrons. The molecule has 4 aromatic rings. The molecule has 66 heavy (non-hydrogen) atoms. The third-order valence-corrected chi connectivity index (χ3v) is 12.4. The minimum Gasteiger partial charge on any atom is -0.424 e. The lowest BCUT2D eigenvalue weighted by Gasteiger charge is -2.46. The van der Waals surface area contributed by atoms with Crippen LogP contribution in [-0.2, 0) is 42.8 Å². The van der Waals surface area contributed by atoms with Gasteiger partial charge in [-0.2, -0.15) is 0 Å². The van der Waals surface area contributed by atoms with E-state index in [2.05, 4.69) is 5.32 Å². The predicted molar refractivity (Wildman–Crippen MR) is 232 cm³/mol. The molecule has 3 aliphatic rings. The van der Waals surface area contributed by atoms with Crippen LogP contribution in [0.2, 0.25) is 0 Å². The molecule has 6 atom stereocenters. The molecule has 18 nitrogen and oxygen atoms in total. The molecule has 3 aliphatic heterocycles. The highest BCUT2D eigenvalue weighted by Crippen LogP contribution is 2.52. The van der Waals surface area contributed by atoms with Crippen LogP contribution in [0.4, 0.5) is 10.5 Å². The summed E-state index contributed by atoms with van der Waals surface area (Å²) in [6, 6.07) is 28.0. The Labute approximate surface area is 381 Å². The van der Waals surface area contributed by atoms with Crippen molar-refractivity contribution in [1.82, 2.24) is 9.80 Å². The molecule has 7 rings (SSSR count). The Kier molecular flexibility index (Phi) is 14.8. The number of benzene rings is 4. The van der Waals surface area contributed by atoms with Crippen LogP contribution < -0.4 is 5.32 Å². The number of nitrogens with one attached hydrogen (secondary N) is 1. The lowest BCUT2D eigenvalue weighted by molar-refractivity contribution is -0.166. The average Bonchev–Trinajstić information content (AvgIpc) is 3.86. The van der Waals surface area contributed by atoms with E-state index in [4.69, 9.17) is 28.4 Å². The van der Waals surface area contributed by atoms with Crippen LogP contribution in [0.3, 0.4) is 0 Å². The van der Waals surface area contributed by atoms with Crippen LogP contribution in [0.5, 0.6) is 0 Å². The first-order chi connectivity index (χ1) is 31.8. The van der Waals surface area contributed by atoms with E-state index in [9.17, 15) is 43.5 Å². The molecule has 0 spiro atoms. The summed E-state index contributed by atoms with van der Waals surface area (Å²) in [5, 5.41) is 12.6. The predicted octanol–water partition coefficient (Wildman–Crippen LogP) is 5.15. The van der Waals surface area contributed by atoms with E-state index in [1.807, 2.05) is 0 Å². The van der Waals surface area contributed by atoms with Crippen molar-refractivity contribution in [2.45, 2.75) is 43.7 Å². The second-order valence-electron chi connectivity index (χ2n) is 15.2.